The van der Waals surface area contributed by atoms with Gasteiger partial charge in [0.25, 0.3) is 5.56 Å². The van der Waals surface area contributed by atoms with Gasteiger partial charge in [-0.15, -0.1) is 6.58 Å². The number of benzene rings is 1. The highest BCUT2D eigenvalue weighted by molar-refractivity contribution is 7.92. The molecule has 13 heteroatoms. The fourth-order valence-corrected chi connectivity index (χ4v) is 5.26. The summed E-state index contributed by atoms with van der Waals surface area (Å²) in [6.07, 6.45) is 6.19. The Hall–Kier alpha value is -4.23. The molecule has 0 saturated carbocycles. The van der Waals surface area contributed by atoms with Gasteiger partial charge in [0.05, 0.1) is 19.3 Å². The van der Waals surface area contributed by atoms with Gasteiger partial charge in [-0.1, -0.05) is 12.1 Å². The van der Waals surface area contributed by atoms with E-state index in [1.807, 2.05) is 18.2 Å². The van der Waals surface area contributed by atoms with Crippen molar-refractivity contribution in [3.63, 3.8) is 0 Å². The molecular weight excluding hydrogens is 530 g/mol. The second kappa shape index (κ2) is 11.1. The van der Waals surface area contributed by atoms with Gasteiger partial charge in [-0.3, -0.25) is 4.79 Å². The van der Waals surface area contributed by atoms with E-state index in [9.17, 15) is 9.00 Å². The lowest BCUT2D eigenvalue weighted by Crippen LogP contribution is -2.49. The number of hydrogen-bond acceptors (Lipinski definition) is 10. The number of piperazine rings is 1. The van der Waals surface area contributed by atoms with Crippen molar-refractivity contribution >= 4 is 43.9 Å². The highest BCUT2D eigenvalue weighted by Gasteiger charge is 2.21. The van der Waals surface area contributed by atoms with E-state index in [0.717, 1.165) is 36.8 Å². The van der Waals surface area contributed by atoms with Gasteiger partial charge in [0.15, 0.2) is 17.3 Å². The lowest BCUT2D eigenvalue weighted by molar-refractivity contribution is 0.410. The van der Waals surface area contributed by atoms with Crippen LogP contribution in [0.3, 0.4) is 0 Å². The summed E-state index contributed by atoms with van der Waals surface area (Å²) in [5, 5.41) is 7.02. The number of anilines is 3. The number of nitrogens with zero attached hydrogens (tertiary/aromatic N) is 7. The van der Waals surface area contributed by atoms with Gasteiger partial charge in [0.2, 0.25) is 5.95 Å². The van der Waals surface area contributed by atoms with E-state index in [2.05, 4.69) is 43.4 Å². The first-order valence-electron chi connectivity index (χ1n) is 12.8. The van der Waals surface area contributed by atoms with Gasteiger partial charge in [-0.25, -0.2) is 23.5 Å². The molecule has 1 unspecified atom stereocenters. The summed E-state index contributed by atoms with van der Waals surface area (Å²) in [5.74, 6) is 1.74. The second-order valence-electron chi connectivity index (χ2n) is 9.86. The Kier molecular flexibility index (Phi) is 7.59. The Morgan fingerprint density at radius 2 is 2.10 bits per heavy atom. The van der Waals surface area contributed by atoms with Crippen molar-refractivity contribution in [3.8, 4) is 11.6 Å². The number of nitrogens with one attached hydrogen (secondary N) is 2. The minimum Gasteiger partial charge on any atom is -0.495 e. The minimum absolute atomic E-state index is 0.225. The molecule has 0 amide bonds. The molecule has 0 bridgehead atoms. The fourth-order valence-electron chi connectivity index (χ4n) is 4.71. The zero-order valence-electron chi connectivity index (χ0n) is 23.0. The van der Waals surface area contributed by atoms with Crippen LogP contribution < -0.4 is 25.8 Å². The molecule has 0 aliphatic carbocycles. The van der Waals surface area contributed by atoms with Crippen LogP contribution in [-0.2, 0) is 16.3 Å². The van der Waals surface area contributed by atoms with E-state index >= 15 is 0 Å². The van der Waals surface area contributed by atoms with Crippen LogP contribution in [0.25, 0.3) is 16.9 Å². The number of ether oxygens (including phenoxy) is 1. The molecule has 40 heavy (non-hydrogen) atoms. The summed E-state index contributed by atoms with van der Waals surface area (Å²) in [5.41, 5.74) is 1.84. The Morgan fingerprint density at radius 3 is 2.83 bits per heavy atom. The zero-order chi connectivity index (χ0) is 28.4. The van der Waals surface area contributed by atoms with Gasteiger partial charge in [-0.2, -0.15) is 9.35 Å². The summed E-state index contributed by atoms with van der Waals surface area (Å²) in [4.78, 5) is 29.2. The molecule has 1 saturated heterocycles. The van der Waals surface area contributed by atoms with Crippen LogP contribution in [0.5, 0.6) is 5.75 Å². The van der Waals surface area contributed by atoms with Gasteiger partial charge < -0.3 is 20.3 Å². The monoisotopic (exact) mass is 563 g/mol. The van der Waals surface area contributed by atoms with E-state index in [-0.39, 0.29) is 12.1 Å². The predicted molar refractivity (Wildman–Crippen MR) is 159 cm³/mol. The number of fused-ring (bicyclic) bond motifs is 1. The van der Waals surface area contributed by atoms with Gasteiger partial charge in [0, 0.05) is 65.9 Å². The van der Waals surface area contributed by atoms with E-state index in [0.29, 0.717) is 34.7 Å². The van der Waals surface area contributed by atoms with Gasteiger partial charge >= 0.3 is 0 Å². The van der Waals surface area contributed by atoms with Crippen molar-refractivity contribution in [1.29, 1.82) is 0 Å². The topological polar surface area (TPSA) is 132 Å². The Bertz CT molecular complexity index is 1750. The number of allylic oxidation sites excluding steroid dienone is 1. The molecule has 4 heterocycles. The Labute approximate surface area is 232 Å². The van der Waals surface area contributed by atoms with Crippen LogP contribution >= 0.6 is 0 Å². The highest BCUT2D eigenvalue weighted by atomic mass is 32.2. The molecule has 4 aromatic rings. The van der Waals surface area contributed by atoms with Crippen molar-refractivity contribution < 1.29 is 8.95 Å². The second-order valence-corrected chi connectivity index (χ2v) is 12.4. The van der Waals surface area contributed by atoms with Crippen molar-refractivity contribution in [2.75, 3.05) is 49.5 Å². The van der Waals surface area contributed by atoms with Crippen LogP contribution in [-0.4, -0.2) is 73.8 Å². The molecule has 5 rings (SSSR count). The third-order valence-corrected chi connectivity index (χ3v) is 7.00. The summed E-state index contributed by atoms with van der Waals surface area (Å²) >= 11 is 0. The van der Waals surface area contributed by atoms with Crippen molar-refractivity contribution in [1.82, 2.24) is 29.6 Å². The summed E-state index contributed by atoms with van der Waals surface area (Å²) in [7, 11) is -0.774. The van der Waals surface area contributed by atoms with E-state index < -0.39 is 9.73 Å². The molecule has 210 valence electrons. The van der Waals surface area contributed by atoms with E-state index in [1.165, 1.54) is 23.4 Å². The lowest BCUT2D eigenvalue weighted by atomic mass is 10.2. The van der Waals surface area contributed by atoms with E-state index in [1.54, 1.807) is 36.1 Å². The van der Waals surface area contributed by atoms with Crippen LogP contribution in [0.2, 0.25) is 0 Å². The highest BCUT2D eigenvalue weighted by Crippen LogP contribution is 2.33. The molecular formula is C27H33N9O3S. The zero-order valence-corrected chi connectivity index (χ0v) is 23.8. The van der Waals surface area contributed by atoms with E-state index in [4.69, 9.17) is 9.72 Å². The summed E-state index contributed by atoms with van der Waals surface area (Å²) < 4.78 is 25.3. The average Bonchev–Trinajstić information content (AvgIpc) is 3.18. The number of pyridine rings is 1. The summed E-state index contributed by atoms with van der Waals surface area (Å²) in [6.45, 7) is 8.86. The first-order valence-corrected chi connectivity index (χ1v) is 15.2. The van der Waals surface area contributed by atoms with Crippen LogP contribution in [0, 0.1) is 0 Å². The molecule has 1 aromatic carbocycles. The molecule has 1 fully saturated rings. The van der Waals surface area contributed by atoms with Crippen LogP contribution in [0.1, 0.15) is 6.92 Å². The number of aromatic nitrogens is 5. The first kappa shape index (κ1) is 27.3. The Morgan fingerprint density at radius 1 is 1.27 bits per heavy atom. The SMILES string of the molecule is C=CCn1c(=O)c2cnc(Nc3ccc(N4CCNC(C)C4)c(OC)c3)nc2n1-c1cccc(N=S(C)(C)=O)n1. The molecule has 1 atom stereocenters. The maximum atomic E-state index is 13.3. The third kappa shape index (κ3) is 5.70. The van der Waals surface area contributed by atoms with Gasteiger partial charge in [-0.05, 0) is 31.2 Å². The van der Waals surface area contributed by atoms with Crippen LogP contribution in [0.4, 0.5) is 23.1 Å². The quantitative estimate of drug-likeness (QED) is 0.311. The average molecular weight is 564 g/mol. The maximum Gasteiger partial charge on any atom is 0.278 e. The number of hydrogen-bond donors (Lipinski definition) is 2. The third-order valence-electron chi connectivity index (χ3n) is 6.37. The first-order chi connectivity index (χ1) is 19.2. The maximum absolute atomic E-state index is 13.3. The number of rotatable bonds is 8. The molecule has 1 aliphatic heterocycles. The molecule has 0 spiro atoms. The molecule has 3 aromatic heterocycles. The minimum atomic E-state index is -2.43. The normalized spacial score (nSPS) is 15.7. The molecule has 0 radical (unpaired) electrons. The predicted octanol–water partition coefficient (Wildman–Crippen LogP) is 3.07. The smallest absolute Gasteiger partial charge is 0.278 e. The largest absolute Gasteiger partial charge is 0.495 e. The molecule has 12 nitrogen and oxygen atoms in total. The number of methoxy groups -OCH3 is 1. The van der Waals surface area contributed by atoms with Gasteiger partial charge in [0.1, 0.15) is 11.1 Å². The lowest BCUT2D eigenvalue weighted by Gasteiger charge is -2.34. The molecule has 2 N–H and O–H groups in total. The molecule has 1 aliphatic rings. The standard InChI is InChI=1S/C27H33N9O3S/c1-6-13-35-26(37)20-16-29-27(32-25(20)36(35)24-9-7-8-23(31-24)33-40(4,5)38)30-19-10-11-21(22(15-19)39-3)34-14-12-28-18(2)17-34/h6-11,15-16,18,28H,1,12-14,17H2,2-5H3,(H,29,30,32). The fraction of sp³-hybridized carbons (Fsp3) is 0.333. The van der Waals surface area contributed by atoms with Crippen molar-refractivity contribution in [2.45, 2.75) is 19.5 Å². The summed E-state index contributed by atoms with van der Waals surface area (Å²) in [6, 6.07) is 11.4. The van der Waals surface area contributed by atoms with Crippen molar-refractivity contribution in [2.24, 2.45) is 4.36 Å². The van der Waals surface area contributed by atoms with Crippen molar-refractivity contribution in [3.05, 3.63) is 65.6 Å². The Balaban J connectivity index is 1.55. The van der Waals surface area contributed by atoms with Crippen LogP contribution in [0.15, 0.2) is 64.4 Å².